The first-order chi connectivity index (χ1) is 38.4. The Morgan fingerprint density at radius 1 is 0.430 bits per heavy atom. The average molecular weight is 1140 g/mol. The molecule has 1 N–H and O–H groups in total. The molecular formula is C69H135N2O7P. The van der Waals surface area contributed by atoms with Gasteiger partial charge in [0.05, 0.1) is 33.8 Å². The van der Waals surface area contributed by atoms with Crippen LogP contribution < -0.4 is 10.2 Å². The summed E-state index contributed by atoms with van der Waals surface area (Å²) in [5.41, 5.74) is 0. The number of carbonyl (C=O) groups is 2. The second kappa shape index (κ2) is 59.6. The smallest absolute Gasteiger partial charge is 0.306 e. The summed E-state index contributed by atoms with van der Waals surface area (Å²) < 4.78 is 30.4. The Morgan fingerprint density at radius 2 is 0.734 bits per heavy atom. The fraction of sp³-hybridized carbons (Fsp3) is 0.913. The van der Waals surface area contributed by atoms with Crippen LogP contribution in [0, 0.1) is 0 Å². The van der Waals surface area contributed by atoms with Gasteiger partial charge in [0.1, 0.15) is 19.3 Å². The molecule has 0 radical (unpaired) electrons. The number of unbranched alkanes of at least 4 members (excludes halogenated alkanes) is 46. The second-order valence-electron chi connectivity index (χ2n) is 25.0. The van der Waals surface area contributed by atoms with Crippen molar-refractivity contribution in [1.29, 1.82) is 0 Å². The molecule has 0 aromatic rings. The molecule has 79 heavy (non-hydrogen) atoms. The first kappa shape index (κ1) is 77.5. The molecule has 1 amide bonds. The Hall–Kier alpha value is -1.51. The number of ether oxygens (including phenoxy) is 1. The van der Waals surface area contributed by atoms with E-state index in [0.717, 1.165) is 64.2 Å². The molecule has 0 aromatic carbocycles. The molecule has 0 saturated carbocycles. The van der Waals surface area contributed by atoms with Gasteiger partial charge in [-0.05, 0) is 57.4 Å². The van der Waals surface area contributed by atoms with Gasteiger partial charge in [-0.3, -0.25) is 14.2 Å². The van der Waals surface area contributed by atoms with E-state index in [-0.39, 0.29) is 31.5 Å². The molecule has 0 spiro atoms. The van der Waals surface area contributed by atoms with Gasteiger partial charge >= 0.3 is 5.97 Å². The summed E-state index contributed by atoms with van der Waals surface area (Å²) in [5.74, 6) is -0.525. The summed E-state index contributed by atoms with van der Waals surface area (Å²) in [6.45, 7) is 6.90. The summed E-state index contributed by atoms with van der Waals surface area (Å²) in [5, 5.41) is 3.05. The highest BCUT2D eigenvalue weighted by Crippen LogP contribution is 2.38. The third-order valence-electron chi connectivity index (χ3n) is 15.9. The van der Waals surface area contributed by atoms with E-state index in [1.807, 2.05) is 33.3 Å². The SMILES string of the molecule is CCCCCCCC/C=C/CCCCCCCCCC(=O)OC(/C=C/CCCCCCCCCCCCC)C(COP(=O)([O-])OCC[N+](C)(C)C)NC(=O)CCCCCCCCCCCCCCCCCCCCCCCCC. The van der Waals surface area contributed by atoms with Crippen LogP contribution in [0.15, 0.2) is 24.3 Å². The van der Waals surface area contributed by atoms with Crippen LogP contribution in [0.4, 0.5) is 0 Å². The van der Waals surface area contributed by atoms with Crippen molar-refractivity contribution >= 4 is 19.7 Å². The summed E-state index contributed by atoms with van der Waals surface area (Å²) in [6.07, 6.45) is 71.5. The van der Waals surface area contributed by atoms with Crippen LogP contribution in [0.1, 0.15) is 355 Å². The topological polar surface area (TPSA) is 114 Å². The number of amides is 1. The van der Waals surface area contributed by atoms with Gasteiger partial charge in [-0.1, -0.05) is 309 Å². The number of nitrogens with one attached hydrogen (secondary N) is 1. The Kier molecular flexibility index (Phi) is 58.5. The zero-order valence-corrected chi connectivity index (χ0v) is 54.5. The first-order valence-corrected chi connectivity index (χ1v) is 36.1. The van der Waals surface area contributed by atoms with Gasteiger partial charge in [0.15, 0.2) is 0 Å². The molecule has 0 bridgehead atoms. The maximum absolute atomic E-state index is 13.6. The van der Waals surface area contributed by atoms with E-state index >= 15 is 0 Å². The quantitative estimate of drug-likeness (QED) is 0.0212. The molecule has 3 atom stereocenters. The maximum atomic E-state index is 13.6. The van der Waals surface area contributed by atoms with Crippen LogP contribution >= 0.6 is 7.82 Å². The van der Waals surface area contributed by atoms with Crippen LogP contribution in [0.2, 0.25) is 0 Å². The highest BCUT2D eigenvalue weighted by molar-refractivity contribution is 7.45. The number of likely N-dealkylation sites (N-methyl/N-ethyl adjacent to an activating group) is 1. The third-order valence-corrected chi connectivity index (χ3v) is 16.8. The van der Waals surface area contributed by atoms with Gasteiger partial charge in [0, 0.05) is 12.8 Å². The molecule has 9 nitrogen and oxygen atoms in total. The van der Waals surface area contributed by atoms with E-state index in [9.17, 15) is 19.0 Å². The Labute approximate surface area is 492 Å². The van der Waals surface area contributed by atoms with Crippen molar-refractivity contribution in [2.75, 3.05) is 40.9 Å². The van der Waals surface area contributed by atoms with Crippen LogP contribution in [-0.4, -0.2) is 69.4 Å². The lowest BCUT2D eigenvalue weighted by Crippen LogP contribution is -2.47. The number of hydrogen-bond donors (Lipinski definition) is 1. The molecule has 0 heterocycles. The molecule has 0 aliphatic rings. The van der Waals surface area contributed by atoms with Crippen molar-refractivity contribution in [3.63, 3.8) is 0 Å². The molecule has 3 unspecified atom stereocenters. The highest BCUT2D eigenvalue weighted by Gasteiger charge is 2.27. The van der Waals surface area contributed by atoms with E-state index in [1.54, 1.807) is 0 Å². The zero-order valence-electron chi connectivity index (χ0n) is 53.6. The number of phosphoric ester groups is 1. The van der Waals surface area contributed by atoms with E-state index < -0.39 is 20.0 Å². The van der Waals surface area contributed by atoms with Crippen LogP contribution in [0.3, 0.4) is 0 Å². The fourth-order valence-corrected chi connectivity index (χ4v) is 11.2. The molecule has 0 aliphatic carbocycles. The summed E-state index contributed by atoms with van der Waals surface area (Å²) in [6, 6.07) is -0.885. The minimum atomic E-state index is -4.70. The normalized spacial score (nSPS) is 13.7. The molecule has 0 fully saturated rings. The van der Waals surface area contributed by atoms with Crippen molar-refractivity contribution < 1.29 is 37.3 Å². The summed E-state index contributed by atoms with van der Waals surface area (Å²) >= 11 is 0. The number of phosphoric acid groups is 1. The predicted octanol–water partition coefficient (Wildman–Crippen LogP) is 21.0. The summed E-state index contributed by atoms with van der Waals surface area (Å²) in [4.78, 5) is 40.1. The number of carbonyl (C=O) groups excluding carboxylic acids is 2. The van der Waals surface area contributed by atoms with Gasteiger partial charge < -0.3 is 28.5 Å². The van der Waals surface area contributed by atoms with Crippen LogP contribution in [-0.2, 0) is 27.9 Å². The van der Waals surface area contributed by atoms with E-state index in [4.69, 9.17) is 13.8 Å². The van der Waals surface area contributed by atoms with E-state index in [2.05, 4.69) is 38.2 Å². The number of esters is 1. The standard InChI is InChI=1S/C69H135N2O7P/c1-7-10-13-16-19-22-25-28-30-32-33-34-35-36-37-39-40-43-46-49-52-55-58-61-68(72)70-66(65-77-79(74,75)76-64-63-71(4,5)6)67(60-57-54-51-48-45-42-27-24-21-18-15-12-9-3)78-69(73)62-59-56-53-50-47-44-41-38-31-29-26-23-20-17-14-11-8-2/h29,31,57,60,66-67H,7-28,30,32-56,58-59,61-65H2,1-6H3,(H-,70,72,74,75)/b31-29+,60-57+. The minimum Gasteiger partial charge on any atom is -0.756 e. The number of rotatable bonds is 64. The minimum absolute atomic E-state index is 0.0190. The van der Waals surface area contributed by atoms with Crippen LogP contribution in [0.5, 0.6) is 0 Å². The molecule has 468 valence electrons. The molecule has 0 aromatic heterocycles. The molecule has 0 rings (SSSR count). The number of allylic oxidation sites excluding steroid dienone is 3. The van der Waals surface area contributed by atoms with Crippen LogP contribution in [0.25, 0.3) is 0 Å². The summed E-state index contributed by atoms with van der Waals surface area (Å²) in [7, 11) is 1.20. The third kappa shape index (κ3) is 60.9. The van der Waals surface area contributed by atoms with Gasteiger partial charge in [-0.25, -0.2) is 0 Å². The maximum Gasteiger partial charge on any atom is 0.306 e. The number of quaternary nitrogens is 1. The first-order valence-electron chi connectivity index (χ1n) is 34.6. The van der Waals surface area contributed by atoms with E-state index in [1.165, 1.54) is 257 Å². The molecule has 0 aliphatic heterocycles. The Bertz CT molecular complexity index is 1400. The lowest BCUT2D eigenvalue weighted by Gasteiger charge is -2.30. The van der Waals surface area contributed by atoms with Gasteiger partial charge in [-0.15, -0.1) is 0 Å². The van der Waals surface area contributed by atoms with Crippen molar-refractivity contribution in [3.05, 3.63) is 24.3 Å². The molecule has 10 heteroatoms. The highest BCUT2D eigenvalue weighted by atomic mass is 31.2. The fourth-order valence-electron chi connectivity index (χ4n) is 10.5. The average Bonchev–Trinajstić information content (AvgIpc) is 3.41. The monoisotopic (exact) mass is 1140 g/mol. The van der Waals surface area contributed by atoms with Crippen molar-refractivity contribution in [1.82, 2.24) is 5.32 Å². The van der Waals surface area contributed by atoms with Crippen molar-refractivity contribution in [3.8, 4) is 0 Å². The molecule has 0 saturated heterocycles. The number of hydrogen-bond acceptors (Lipinski definition) is 7. The van der Waals surface area contributed by atoms with E-state index in [0.29, 0.717) is 17.4 Å². The van der Waals surface area contributed by atoms with Gasteiger partial charge in [-0.2, -0.15) is 0 Å². The zero-order chi connectivity index (χ0) is 57.9. The number of nitrogens with zero attached hydrogens (tertiary/aromatic N) is 1. The predicted molar refractivity (Wildman–Crippen MR) is 340 cm³/mol. The molecular weight excluding hydrogens is 1000 g/mol. The Balaban J connectivity index is 5.10. The van der Waals surface area contributed by atoms with Gasteiger partial charge in [0.25, 0.3) is 7.82 Å². The van der Waals surface area contributed by atoms with Crippen molar-refractivity contribution in [2.45, 2.75) is 367 Å². The van der Waals surface area contributed by atoms with Gasteiger partial charge in [0.2, 0.25) is 5.91 Å². The second-order valence-corrected chi connectivity index (χ2v) is 26.5. The largest absolute Gasteiger partial charge is 0.756 e. The lowest BCUT2D eigenvalue weighted by molar-refractivity contribution is -0.870. The lowest BCUT2D eigenvalue weighted by atomic mass is 10.0. The van der Waals surface area contributed by atoms with Crippen molar-refractivity contribution in [2.24, 2.45) is 0 Å². The Morgan fingerprint density at radius 3 is 1.08 bits per heavy atom.